The maximum atomic E-state index is 2.36. The van der Waals surface area contributed by atoms with Crippen molar-refractivity contribution in [3.63, 3.8) is 0 Å². The Balaban J connectivity index is 2.57. The van der Waals surface area contributed by atoms with E-state index in [2.05, 4.69) is 32.9 Å². The predicted octanol–water partition coefficient (Wildman–Crippen LogP) is 3.78. The number of rotatable bonds is 3. The topological polar surface area (TPSA) is 0 Å². The molecule has 0 heterocycles. The summed E-state index contributed by atoms with van der Waals surface area (Å²) in [6.07, 6.45) is 10.1. The summed E-state index contributed by atoms with van der Waals surface area (Å²) in [6, 6.07) is 0. The Hall–Kier alpha value is -0.260. The second kappa shape index (κ2) is 3.42. The molecular formula is C11H20. The molecule has 0 amide bonds. The first-order valence-electron chi connectivity index (χ1n) is 4.86. The summed E-state index contributed by atoms with van der Waals surface area (Å²) in [5, 5.41) is 0. The van der Waals surface area contributed by atoms with E-state index >= 15 is 0 Å². The quantitative estimate of drug-likeness (QED) is 0.540. The molecule has 0 heteroatoms. The van der Waals surface area contributed by atoms with Crippen LogP contribution in [0, 0.1) is 11.3 Å². The molecule has 0 nitrogen and oxygen atoms in total. The molecule has 0 aliphatic heterocycles. The Bertz CT molecular complexity index is 134. The molecule has 0 aromatic rings. The average Bonchev–Trinajstić information content (AvgIpc) is 2.38. The van der Waals surface area contributed by atoms with E-state index in [1.807, 2.05) is 0 Å². The van der Waals surface area contributed by atoms with Crippen molar-refractivity contribution in [2.24, 2.45) is 11.3 Å². The van der Waals surface area contributed by atoms with Gasteiger partial charge in [0, 0.05) is 0 Å². The second-order valence-corrected chi connectivity index (χ2v) is 4.15. The van der Waals surface area contributed by atoms with Gasteiger partial charge in [0.2, 0.25) is 0 Å². The van der Waals surface area contributed by atoms with Gasteiger partial charge in [-0.1, -0.05) is 39.3 Å². The van der Waals surface area contributed by atoms with Gasteiger partial charge < -0.3 is 0 Å². The van der Waals surface area contributed by atoms with E-state index in [0.29, 0.717) is 5.41 Å². The van der Waals surface area contributed by atoms with Gasteiger partial charge in [0.25, 0.3) is 0 Å². The summed E-state index contributed by atoms with van der Waals surface area (Å²) >= 11 is 0. The van der Waals surface area contributed by atoms with Gasteiger partial charge in [0.05, 0.1) is 0 Å². The molecule has 0 unspecified atom stereocenters. The molecule has 1 rings (SSSR count). The second-order valence-electron chi connectivity index (χ2n) is 4.15. The Kier molecular flexibility index (Phi) is 2.75. The lowest BCUT2D eigenvalue weighted by molar-refractivity contribution is 0.187. The van der Waals surface area contributed by atoms with E-state index in [1.54, 1.807) is 0 Å². The summed E-state index contributed by atoms with van der Waals surface area (Å²) in [5.74, 6) is 0.845. The molecular weight excluding hydrogens is 132 g/mol. The molecule has 11 heavy (non-hydrogen) atoms. The summed E-state index contributed by atoms with van der Waals surface area (Å²) in [7, 11) is 0. The van der Waals surface area contributed by atoms with Crippen molar-refractivity contribution in [2.45, 2.75) is 46.5 Å². The van der Waals surface area contributed by atoms with Crippen LogP contribution >= 0.6 is 0 Å². The highest BCUT2D eigenvalue weighted by molar-refractivity contribution is 5.03. The molecule has 0 bridgehead atoms. The number of allylic oxidation sites excluding steroid dienone is 2. The van der Waals surface area contributed by atoms with Gasteiger partial charge in [0.1, 0.15) is 0 Å². The molecule has 0 fully saturated rings. The number of hydrogen-bond acceptors (Lipinski definition) is 0. The van der Waals surface area contributed by atoms with Crippen LogP contribution in [0.1, 0.15) is 46.5 Å². The van der Waals surface area contributed by atoms with Gasteiger partial charge in [-0.05, 0) is 30.6 Å². The van der Waals surface area contributed by atoms with E-state index in [-0.39, 0.29) is 0 Å². The monoisotopic (exact) mass is 152 g/mol. The minimum atomic E-state index is 0.634. The third-order valence-corrected chi connectivity index (χ3v) is 3.19. The van der Waals surface area contributed by atoms with Crippen molar-refractivity contribution >= 4 is 0 Å². The Labute approximate surface area is 70.7 Å². The fraction of sp³-hybridized carbons (Fsp3) is 0.818. The molecule has 0 atom stereocenters. The lowest BCUT2D eigenvalue weighted by Crippen LogP contribution is -2.23. The van der Waals surface area contributed by atoms with Crippen LogP contribution in [0.5, 0.6) is 0 Å². The molecule has 64 valence electrons. The highest BCUT2D eigenvalue weighted by Gasteiger charge is 2.32. The van der Waals surface area contributed by atoms with Gasteiger partial charge in [-0.15, -0.1) is 0 Å². The Morgan fingerprint density at radius 3 is 2.18 bits per heavy atom. The van der Waals surface area contributed by atoms with Gasteiger partial charge in [0.15, 0.2) is 0 Å². The van der Waals surface area contributed by atoms with Crippen molar-refractivity contribution in [1.82, 2.24) is 0 Å². The maximum Gasteiger partial charge on any atom is -0.0206 e. The van der Waals surface area contributed by atoms with Crippen LogP contribution in [0.4, 0.5) is 0 Å². The SMILES string of the molecule is CCCC1(C(C)C)CC=CC1. The van der Waals surface area contributed by atoms with Gasteiger partial charge >= 0.3 is 0 Å². The summed E-state index contributed by atoms with van der Waals surface area (Å²) in [5.41, 5.74) is 0.634. The van der Waals surface area contributed by atoms with Gasteiger partial charge in [-0.2, -0.15) is 0 Å². The molecule has 1 aliphatic rings. The highest BCUT2D eigenvalue weighted by Crippen LogP contribution is 2.44. The van der Waals surface area contributed by atoms with Crippen LogP contribution in [0.3, 0.4) is 0 Å². The molecule has 0 saturated carbocycles. The third-order valence-electron chi connectivity index (χ3n) is 3.19. The van der Waals surface area contributed by atoms with Crippen molar-refractivity contribution in [1.29, 1.82) is 0 Å². The lowest BCUT2D eigenvalue weighted by Gasteiger charge is -2.33. The van der Waals surface area contributed by atoms with Crippen LogP contribution in [-0.2, 0) is 0 Å². The molecule has 0 radical (unpaired) electrons. The molecule has 1 aliphatic carbocycles. The fourth-order valence-corrected chi connectivity index (χ4v) is 2.18. The molecule has 0 saturated heterocycles. The predicted molar refractivity (Wildman–Crippen MR) is 50.6 cm³/mol. The van der Waals surface area contributed by atoms with Gasteiger partial charge in [-0.25, -0.2) is 0 Å². The first-order valence-corrected chi connectivity index (χ1v) is 4.86. The first kappa shape index (κ1) is 8.83. The van der Waals surface area contributed by atoms with Crippen molar-refractivity contribution in [3.8, 4) is 0 Å². The molecule has 0 spiro atoms. The summed E-state index contributed by atoms with van der Waals surface area (Å²) in [4.78, 5) is 0. The van der Waals surface area contributed by atoms with E-state index in [4.69, 9.17) is 0 Å². The smallest absolute Gasteiger partial charge is 0.0206 e. The zero-order chi connectivity index (χ0) is 8.32. The third kappa shape index (κ3) is 1.66. The Morgan fingerprint density at radius 1 is 1.27 bits per heavy atom. The van der Waals surface area contributed by atoms with Gasteiger partial charge in [-0.3, -0.25) is 0 Å². The van der Waals surface area contributed by atoms with Crippen LogP contribution in [0.2, 0.25) is 0 Å². The largest absolute Gasteiger partial charge is 0.0879 e. The van der Waals surface area contributed by atoms with E-state index in [9.17, 15) is 0 Å². The molecule has 0 N–H and O–H groups in total. The Morgan fingerprint density at radius 2 is 1.82 bits per heavy atom. The van der Waals surface area contributed by atoms with Crippen LogP contribution in [0.25, 0.3) is 0 Å². The lowest BCUT2D eigenvalue weighted by atomic mass is 9.72. The van der Waals surface area contributed by atoms with E-state index in [0.717, 1.165) is 5.92 Å². The molecule has 0 aromatic heterocycles. The van der Waals surface area contributed by atoms with E-state index < -0.39 is 0 Å². The normalized spacial score (nSPS) is 21.5. The summed E-state index contributed by atoms with van der Waals surface area (Å²) < 4.78 is 0. The fourth-order valence-electron chi connectivity index (χ4n) is 2.18. The van der Waals surface area contributed by atoms with Crippen LogP contribution in [0.15, 0.2) is 12.2 Å². The maximum absolute atomic E-state index is 2.36. The van der Waals surface area contributed by atoms with E-state index in [1.165, 1.54) is 25.7 Å². The zero-order valence-electron chi connectivity index (χ0n) is 8.06. The number of hydrogen-bond donors (Lipinski definition) is 0. The van der Waals surface area contributed by atoms with Crippen molar-refractivity contribution in [3.05, 3.63) is 12.2 Å². The standard InChI is InChI=1S/C11H20/c1-4-7-11(10(2)3)8-5-6-9-11/h5-6,10H,4,7-9H2,1-3H3. The van der Waals surface area contributed by atoms with Crippen molar-refractivity contribution in [2.75, 3.05) is 0 Å². The minimum absolute atomic E-state index is 0.634. The average molecular weight is 152 g/mol. The molecule has 0 aromatic carbocycles. The zero-order valence-corrected chi connectivity index (χ0v) is 8.06. The van der Waals surface area contributed by atoms with Crippen LogP contribution in [-0.4, -0.2) is 0 Å². The first-order chi connectivity index (χ1) is 5.21. The van der Waals surface area contributed by atoms with Crippen molar-refractivity contribution < 1.29 is 0 Å². The highest BCUT2D eigenvalue weighted by atomic mass is 14.4. The van der Waals surface area contributed by atoms with Crippen LogP contribution < -0.4 is 0 Å². The minimum Gasteiger partial charge on any atom is -0.0879 e. The summed E-state index contributed by atoms with van der Waals surface area (Å²) in [6.45, 7) is 7.02.